The third kappa shape index (κ3) is 4.96. The lowest BCUT2D eigenvalue weighted by Gasteiger charge is -2.24. The van der Waals surface area contributed by atoms with Crippen LogP contribution in [0.5, 0.6) is 5.75 Å². The van der Waals surface area contributed by atoms with Crippen molar-refractivity contribution in [1.82, 2.24) is 5.43 Å². The van der Waals surface area contributed by atoms with Crippen molar-refractivity contribution >= 4 is 33.2 Å². The molecule has 9 nitrogen and oxygen atoms in total. The van der Waals surface area contributed by atoms with Crippen LogP contribution in [0, 0.1) is 0 Å². The van der Waals surface area contributed by atoms with Gasteiger partial charge in [-0.1, -0.05) is 0 Å². The number of hydrogen-bond donors (Lipinski definition) is 3. The van der Waals surface area contributed by atoms with E-state index >= 15 is 0 Å². The molecule has 0 aromatic heterocycles. The Hall–Kier alpha value is -3.11. The first kappa shape index (κ1) is 20.2. The van der Waals surface area contributed by atoms with Crippen LogP contribution in [-0.2, 0) is 19.6 Å². The van der Waals surface area contributed by atoms with Gasteiger partial charge in [-0.2, -0.15) is 0 Å². The van der Waals surface area contributed by atoms with Gasteiger partial charge in [-0.25, -0.2) is 14.3 Å². The van der Waals surface area contributed by atoms with Gasteiger partial charge in [-0.05, 0) is 48.5 Å². The number of nitrogens with zero attached hydrogens (tertiary/aromatic N) is 1. The first-order chi connectivity index (χ1) is 12.8. The fraction of sp³-hybridized carbons (Fsp3) is 0.176. The second-order valence-electron chi connectivity index (χ2n) is 5.48. The second kappa shape index (κ2) is 8.52. The maximum absolute atomic E-state index is 13.1. The molecule has 0 bridgehead atoms. The molecule has 0 aliphatic heterocycles. The van der Waals surface area contributed by atoms with Crippen molar-refractivity contribution in [3.8, 4) is 5.75 Å². The molecule has 0 unspecified atom stereocenters. The number of methoxy groups -OCH3 is 1. The van der Waals surface area contributed by atoms with Crippen LogP contribution in [0.15, 0.2) is 53.4 Å². The van der Waals surface area contributed by atoms with E-state index < -0.39 is 22.5 Å². The van der Waals surface area contributed by atoms with Crippen LogP contribution < -0.4 is 25.6 Å². The van der Waals surface area contributed by atoms with Gasteiger partial charge in [-0.15, -0.1) is 0 Å². The standard InChI is InChI=1S/C17H20N4O5S/c1-12(22)19-13-3-9-16(10-4-13)27(24,25)21(11-17(23)20-18)14-5-7-15(26-2)8-6-14/h3-10H,11,18H2,1-2H3,(H,19,22)(H,20,23). The maximum Gasteiger partial charge on any atom is 0.264 e. The Morgan fingerprint density at radius 1 is 1.07 bits per heavy atom. The van der Waals surface area contributed by atoms with Crippen LogP contribution in [0.25, 0.3) is 0 Å². The lowest BCUT2D eigenvalue weighted by Crippen LogP contribution is -2.43. The SMILES string of the molecule is COc1ccc(N(CC(=O)NN)S(=O)(=O)c2ccc(NC(C)=O)cc2)cc1. The Morgan fingerprint density at radius 3 is 2.15 bits per heavy atom. The minimum atomic E-state index is -4.06. The molecule has 4 N–H and O–H groups in total. The second-order valence-corrected chi connectivity index (χ2v) is 7.35. The van der Waals surface area contributed by atoms with Crippen LogP contribution in [0.2, 0.25) is 0 Å². The molecule has 0 aliphatic carbocycles. The molecule has 0 saturated carbocycles. The lowest BCUT2D eigenvalue weighted by molar-refractivity contribution is -0.119. The smallest absolute Gasteiger partial charge is 0.264 e. The molecule has 0 atom stereocenters. The summed E-state index contributed by atoms with van der Waals surface area (Å²) in [5.41, 5.74) is 2.65. The van der Waals surface area contributed by atoms with Crippen molar-refractivity contribution in [2.75, 3.05) is 23.3 Å². The average Bonchev–Trinajstić information content (AvgIpc) is 2.65. The van der Waals surface area contributed by atoms with Crippen molar-refractivity contribution in [3.05, 3.63) is 48.5 Å². The highest BCUT2D eigenvalue weighted by Crippen LogP contribution is 2.26. The largest absolute Gasteiger partial charge is 0.497 e. The highest BCUT2D eigenvalue weighted by molar-refractivity contribution is 7.92. The number of carbonyl (C=O) groups is 2. The van der Waals surface area contributed by atoms with Gasteiger partial charge >= 0.3 is 0 Å². The summed E-state index contributed by atoms with van der Waals surface area (Å²) in [5, 5.41) is 2.56. The summed E-state index contributed by atoms with van der Waals surface area (Å²) < 4.78 is 32.1. The van der Waals surface area contributed by atoms with Gasteiger partial charge in [0.2, 0.25) is 5.91 Å². The van der Waals surface area contributed by atoms with Gasteiger partial charge in [-0.3, -0.25) is 19.3 Å². The van der Waals surface area contributed by atoms with Crippen molar-refractivity contribution in [2.45, 2.75) is 11.8 Å². The Morgan fingerprint density at radius 2 is 1.67 bits per heavy atom. The van der Waals surface area contributed by atoms with Gasteiger partial charge < -0.3 is 10.1 Å². The monoisotopic (exact) mass is 392 g/mol. The van der Waals surface area contributed by atoms with Crippen molar-refractivity contribution < 1.29 is 22.7 Å². The Bertz CT molecular complexity index is 911. The number of hydrogen-bond acceptors (Lipinski definition) is 6. The lowest BCUT2D eigenvalue weighted by atomic mass is 10.3. The molecule has 0 spiro atoms. The molecule has 0 fully saturated rings. The number of hydrazine groups is 1. The van der Waals surface area contributed by atoms with E-state index in [0.29, 0.717) is 11.4 Å². The van der Waals surface area contributed by atoms with Gasteiger partial charge in [0.1, 0.15) is 12.3 Å². The fourth-order valence-corrected chi connectivity index (χ4v) is 3.70. The van der Waals surface area contributed by atoms with E-state index in [-0.39, 0.29) is 16.5 Å². The van der Waals surface area contributed by atoms with E-state index in [1.54, 1.807) is 12.1 Å². The van der Waals surface area contributed by atoms with Crippen molar-refractivity contribution in [2.24, 2.45) is 5.84 Å². The van der Waals surface area contributed by atoms with Crippen LogP contribution in [0.3, 0.4) is 0 Å². The zero-order valence-corrected chi connectivity index (χ0v) is 15.6. The zero-order valence-electron chi connectivity index (χ0n) is 14.8. The average molecular weight is 392 g/mol. The molecule has 0 heterocycles. The summed E-state index contributed by atoms with van der Waals surface area (Å²) in [6, 6.07) is 11.8. The number of amides is 2. The first-order valence-electron chi connectivity index (χ1n) is 7.82. The number of benzene rings is 2. The van der Waals surface area contributed by atoms with Crippen molar-refractivity contribution in [1.29, 1.82) is 0 Å². The molecule has 2 amide bonds. The van der Waals surface area contributed by atoms with E-state index in [4.69, 9.17) is 10.6 Å². The summed E-state index contributed by atoms with van der Waals surface area (Å²) in [6.45, 7) is 0.847. The quantitative estimate of drug-likeness (QED) is 0.364. The Labute approximate surface area is 157 Å². The molecule has 2 aromatic carbocycles. The number of nitrogens with one attached hydrogen (secondary N) is 2. The number of ether oxygens (including phenoxy) is 1. The predicted molar refractivity (Wildman–Crippen MR) is 101 cm³/mol. The van der Waals surface area contributed by atoms with Gasteiger partial charge in [0.25, 0.3) is 15.9 Å². The van der Waals surface area contributed by atoms with E-state index in [2.05, 4.69) is 5.32 Å². The number of anilines is 2. The van der Waals surface area contributed by atoms with E-state index in [0.717, 1.165) is 4.31 Å². The summed E-state index contributed by atoms with van der Waals surface area (Å²) in [4.78, 5) is 22.8. The van der Waals surface area contributed by atoms with E-state index in [9.17, 15) is 18.0 Å². The third-order valence-corrected chi connectivity index (χ3v) is 5.36. The summed E-state index contributed by atoms with van der Waals surface area (Å²) in [7, 11) is -2.57. The van der Waals surface area contributed by atoms with Crippen molar-refractivity contribution in [3.63, 3.8) is 0 Å². The van der Waals surface area contributed by atoms with E-state index in [1.807, 2.05) is 5.43 Å². The number of sulfonamides is 1. The third-order valence-electron chi connectivity index (χ3n) is 3.57. The predicted octanol–water partition coefficient (Wildman–Crippen LogP) is 0.839. The highest BCUT2D eigenvalue weighted by Gasteiger charge is 2.27. The van der Waals surface area contributed by atoms with Gasteiger partial charge in [0, 0.05) is 12.6 Å². The highest BCUT2D eigenvalue weighted by atomic mass is 32.2. The van der Waals surface area contributed by atoms with Crippen LogP contribution >= 0.6 is 0 Å². The summed E-state index contributed by atoms with van der Waals surface area (Å²) in [5.74, 6) is 4.70. The molecular weight excluding hydrogens is 372 g/mol. The molecule has 0 aliphatic rings. The molecule has 0 saturated heterocycles. The number of rotatable bonds is 7. The van der Waals surface area contributed by atoms with Gasteiger partial charge in [0.15, 0.2) is 0 Å². The van der Waals surface area contributed by atoms with Crippen LogP contribution in [0.4, 0.5) is 11.4 Å². The van der Waals surface area contributed by atoms with E-state index in [1.165, 1.54) is 50.4 Å². The topological polar surface area (TPSA) is 131 Å². The molecule has 2 rings (SSSR count). The van der Waals surface area contributed by atoms with Crippen LogP contribution in [0.1, 0.15) is 6.92 Å². The number of carbonyl (C=O) groups excluding carboxylic acids is 2. The zero-order chi connectivity index (χ0) is 20.0. The summed E-state index contributed by atoms with van der Waals surface area (Å²) in [6.07, 6.45) is 0. The molecule has 10 heteroatoms. The molecule has 144 valence electrons. The van der Waals surface area contributed by atoms with Crippen LogP contribution in [-0.4, -0.2) is 33.9 Å². The number of nitrogens with two attached hydrogens (primary N) is 1. The fourth-order valence-electron chi connectivity index (χ4n) is 2.28. The minimum Gasteiger partial charge on any atom is -0.497 e. The van der Waals surface area contributed by atoms with Gasteiger partial charge in [0.05, 0.1) is 17.7 Å². The first-order valence-corrected chi connectivity index (χ1v) is 9.26. The Kier molecular flexibility index (Phi) is 6.37. The molecule has 2 aromatic rings. The molecule has 27 heavy (non-hydrogen) atoms. The maximum atomic E-state index is 13.1. The molecule has 0 radical (unpaired) electrons. The normalized spacial score (nSPS) is 10.8. The Balaban J connectivity index is 2.42. The summed E-state index contributed by atoms with van der Waals surface area (Å²) >= 11 is 0. The molecular formula is C17H20N4O5S. The minimum absolute atomic E-state index is 0.0442.